The molecule has 0 atom stereocenters. The standard InChI is InChI=1S/C14H18FNO3/c1-10(2)8-13(17)16(7-6-14(18)19)12-5-3-4-11(15)9-12/h3-5,9-10H,6-8H2,1-2H3,(H,18,19). The lowest BCUT2D eigenvalue weighted by molar-refractivity contribution is -0.136. The minimum atomic E-state index is -0.987. The Morgan fingerprint density at radius 3 is 2.58 bits per heavy atom. The number of nitrogens with zero attached hydrogens (tertiary/aromatic N) is 1. The van der Waals surface area contributed by atoms with E-state index in [1.165, 1.54) is 23.1 Å². The molecule has 0 saturated heterocycles. The summed E-state index contributed by atoms with van der Waals surface area (Å²) in [7, 11) is 0. The average Bonchev–Trinajstić information content (AvgIpc) is 2.27. The molecule has 0 heterocycles. The molecule has 1 rings (SSSR count). The number of amides is 1. The Balaban J connectivity index is 2.91. The molecule has 5 heteroatoms. The van der Waals surface area contributed by atoms with E-state index in [2.05, 4.69) is 0 Å². The third-order valence-corrected chi connectivity index (χ3v) is 2.55. The van der Waals surface area contributed by atoms with E-state index in [4.69, 9.17) is 5.11 Å². The summed E-state index contributed by atoms with van der Waals surface area (Å²) in [4.78, 5) is 24.1. The lowest BCUT2D eigenvalue weighted by Gasteiger charge is -2.23. The van der Waals surface area contributed by atoms with Gasteiger partial charge in [0.1, 0.15) is 5.82 Å². The van der Waals surface area contributed by atoms with Crippen LogP contribution in [0.5, 0.6) is 0 Å². The molecule has 1 aromatic rings. The first-order valence-corrected chi connectivity index (χ1v) is 6.18. The Morgan fingerprint density at radius 1 is 1.37 bits per heavy atom. The van der Waals surface area contributed by atoms with Crippen molar-refractivity contribution in [2.75, 3.05) is 11.4 Å². The monoisotopic (exact) mass is 267 g/mol. The second-order valence-corrected chi connectivity index (χ2v) is 4.77. The molecule has 0 saturated carbocycles. The number of hydrogen-bond acceptors (Lipinski definition) is 2. The molecule has 0 aliphatic rings. The van der Waals surface area contributed by atoms with Gasteiger partial charge in [-0.25, -0.2) is 4.39 Å². The number of halogens is 1. The summed E-state index contributed by atoms with van der Waals surface area (Å²) in [5.41, 5.74) is 0.395. The van der Waals surface area contributed by atoms with Gasteiger partial charge in [0.15, 0.2) is 0 Å². The number of carboxylic acid groups (broad SMARTS) is 1. The van der Waals surface area contributed by atoms with Crippen LogP contribution in [0.15, 0.2) is 24.3 Å². The van der Waals surface area contributed by atoms with E-state index in [0.717, 1.165) is 0 Å². The molecule has 0 fully saturated rings. The highest BCUT2D eigenvalue weighted by Gasteiger charge is 2.18. The third kappa shape index (κ3) is 5.07. The zero-order valence-electron chi connectivity index (χ0n) is 11.1. The van der Waals surface area contributed by atoms with Crippen LogP contribution in [-0.2, 0) is 9.59 Å². The Kier molecular flexibility index (Phi) is 5.48. The normalized spacial score (nSPS) is 10.5. The summed E-state index contributed by atoms with van der Waals surface area (Å²) in [6.45, 7) is 3.85. The minimum absolute atomic E-state index is 0.0460. The number of anilines is 1. The summed E-state index contributed by atoms with van der Waals surface area (Å²) in [5.74, 6) is -1.47. The molecule has 0 spiro atoms. The van der Waals surface area contributed by atoms with Crippen molar-refractivity contribution < 1.29 is 19.1 Å². The quantitative estimate of drug-likeness (QED) is 0.862. The first kappa shape index (κ1) is 15.1. The van der Waals surface area contributed by atoms with Crippen molar-refractivity contribution in [3.8, 4) is 0 Å². The van der Waals surface area contributed by atoms with E-state index in [1.54, 1.807) is 6.07 Å². The Hall–Kier alpha value is -1.91. The van der Waals surface area contributed by atoms with E-state index >= 15 is 0 Å². The minimum Gasteiger partial charge on any atom is -0.481 e. The molecule has 0 aliphatic heterocycles. The van der Waals surface area contributed by atoms with E-state index in [1.807, 2.05) is 13.8 Å². The van der Waals surface area contributed by atoms with Crippen LogP contribution in [0, 0.1) is 11.7 Å². The lowest BCUT2D eigenvalue weighted by Crippen LogP contribution is -2.33. The van der Waals surface area contributed by atoms with Crippen molar-refractivity contribution in [1.29, 1.82) is 0 Å². The number of benzene rings is 1. The lowest BCUT2D eigenvalue weighted by atomic mass is 10.1. The fourth-order valence-corrected chi connectivity index (χ4v) is 1.71. The average molecular weight is 267 g/mol. The van der Waals surface area contributed by atoms with Crippen molar-refractivity contribution >= 4 is 17.6 Å². The summed E-state index contributed by atoms with van der Waals surface area (Å²) < 4.78 is 13.2. The molecule has 0 aromatic heterocycles. The topological polar surface area (TPSA) is 57.6 Å². The van der Waals surface area contributed by atoms with E-state index < -0.39 is 11.8 Å². The van der Waals surface area contributed by atoms with Gasteiger partial charge in [-0.1, -0.05) is 19.9 Å². The second-order valence-electron chi connectivity index (χ2n) is 4.77. The first-order valence-electron chi connectivity index (χ1n) is 6.18. The van der Waals surface area contributed by atoms with Crippen LogP contribution < -0.4 is 4.90 Å². The molecule has 0 aliphatic carbocycles. The number of rotatable bonds is 6. The van der Waals surface area contributed by atoms with Gasteiger partial charge in [0.2, 0.25) is 5.91 Å². The molecule has 19 heavy (non-hydrogen) atoms. The number of hydrogen-bond donors (Lipinski definition) is 1. The summed E-state index contributed by atoms with van der Waals surface area (Å²) in [6, 6.07) is 5.62. The van der Waals surface area contributed by atoms with Gasteiger partial charge < -0.3 is 10.0 Å². The molecule has 0 radical (unpaired) electrons. The molecule has 1 N–H and O–H groups in total. The largest absolute Gasteiger partial charge is 0.481 e. The van der Waals surface area contributed by atoms with Crippen LogP contribution in [0.4, 0.5) is 10.1 Å². The molecule has 0 bridgehead atoms. The summed E-state index contributed by atoms with van der Waals surface area (Å²) in [5, 5.41) is 8.72. The Labute approximate surface area is 111 Å². The molecule has 0 unspecified atom stereocenters. The summed E-state index contributed by atoms with van der Waals surface area (Å²) >= 11 is 0. The number of carbonyl (C=O) groups excluding carboxylic acids is 1. The molecular formula is C14H18FNO3. The number of carbonyl (C=O) groups is 2. The van der Waals surface area contributed by atoms with Crippen molar-refractivity contribution in [3.63, 3.8) is 0 Å². The van der Waals surface area contributed by atoms with E-state index in [0.29, 0.717) is 12.1 Å². The maximum atomic E-state index is 13.2. The van der Waals surface area contributed by atoms with Gasteiger partial charge in [0.05, 0.1) is 6.42 Å². The molecule has 1 aromatic carbocycles. The van der Waals surface area contributed by atoms with Gasteiger partial charge in [0, 0.05) is 18.7 Å². The number of carboxylic acids is 1. The highest BCUT2D eigenvalue weighted by molar-refractivity contribution is 5.93. The fourth-order valence-electron chi connectivity index (χ4n) is 1.71. The molecule has 104 valence electrons. The van der Waals surface area contributed by atoms with E-state index in [-0.39, 0.29) is 24.8 Å². The number of aliphatic carboxylic acids is 1. The molecular weight excluding hydrogens is 249 g/mol. The van der Waals surface area contributed by atoms with Gasteiger partial charge in [-0.15, -0.1) is 0 Å². The second kappa shape index (κ2) is 6.87. The van der Waals surface area contributed by atoms with Crippen molar-refractivity contribution in [2.45, 2.75) is 26.7 Å². The zero-order valence-corrected chi connectivity index (χ0v) is 11.1. The van der Waals surface area contributed by atoms with Gasteiger partial charge in [-0.3, -0.25) is 9.59 Å². The van der Waals surface area contributed by atoms with Crippen LogP contribution >= 0.6 is 0 Å². The maximum Gasteiger partial charge on any atom is 0.305 e. The van der Waals surface area contributed by atoms with Crippen molar-refractivity contribution in [3.05, 3.63) is 30.1 Å². The van der Waals surface area contributed by atoms with Crippen molar-refractivity contribution in [1.82, 2.24) is 0 Å². The van der Waals surface area contributed by atoms with Crippen LogP contribution in [-0.4, -0.2) is 23.5 Å². The van der Waals surface area contributed by atoms with Crippen molar-refractivity contribution in [2.24, 2.45) is 5.92 Å². The Morgan fingerprint density at radius 2 is 2.05 bits per heavy atom. The molecule has 1 amide bonds. The third-order valence-electron chi connectivity index (χ3n) is 2.55. The SMILES string of the molecule is CC(C)CC(=O)N(CCC(=O)O)c1cccc(F)c1. The highest BCUT2D eigenvalue weighted by atomic mass is 19.1. The van der Waals surface area contributed by atoms with Gasteiger partial charge in [0.25, 0.3) is 0 Å². The fraction of sp³-hybridized carbons (Fsp3) is 0.429. The van der Waals surface area contributed by atoms with Gasteiger partial charge in [-0.05, 0) is 24.1 Å². The smallest absolute Gasteiger partial charge is 0.305 e. The van der Waals surface area contributed by atoms with E-state index in [9.17, 15) is 14.0 Å². The van der Waals surface area contributed by atoms with Crippen LogP contribution in [0.3, 0.4) is 0 Å². The first-order chi connectivity index (χ1) is 8.90. The van der Waals surface area contributed by atoms with Crippen LogP contribution in [0.1, 0.15) is 26.7 Å². The zero-order chi connectivity index (χ0) is 14.4. The van der Waals surface area contributed by atoms with Gasteiger partial charge >= 0.3 is 5.97 Å². The predicted octanol–water partition coefficient (Wildman–Crippen LogP) is 2.68. The van der Waals surface area contributed by atoms with Crippen LogP contribution in [0.25, 0.3) is 0 Å². The highest BCUT2D eigenvalue weighted by Crippen LogP contribution is 2.18. The predicted molar refractivity (Wildman–Crippen MR) is 70.5 cm³/mol. The van der Waals surface area contributed by atoms with Gasteiger partial charge in [-0.2, -0.15) is 0 Å². The summed E-state index contributed by atoms with van der Waals surface area (Å²) in [6.07, 6.45) is 0.135. The Bertz CT molecular complexity index is 460. The molecule has 4 nitrogen and oxygen atoms in total. The van der Waals surface area contributed by atoms with Crippen LogP contribution in [0.2, 0.25) is 0 Å². The maximum absolute atomic E-state index is 13.2.